The first-order valence-electron chi connectivity index (χ1n) is 5.87. The number of hydrogen-bond acceptors (Lipinski definition) is 3. The van der Waals surface area contributed by atoms with Crippen molar-refractivity contribution in [3.05, 3.63) is 52.9 Å². The van der Waals surface area contributed by atoms with Crippen LogP contribution in [0.3, 0.4) is 0 Å². The number of ether oxygens (including phenoxy) is 1. The average Bonchev–Trinajstić information content (AvgIpc) is 2.91. The fraction of sp³-hybridized carbons (Fsp3) is 0.214. The van der Waals surface area contributed by atoms with E-state index >= 15 is 0 Å². The van der Waals surface area contributed by atoms with Crippen LogP contribution in [0.25, 0.3) is 0 Å². The van der Waals surface area contributed by atoms with Crippen molar-refractivity contribution in [3.63, 3.8) is 0 Å². The molecule has 100 valence electrons. The molecule has 1 aromatic carbocycles. The summed E-state index contributed by atoms with van der Waals surface area (Å²) >= 11 is 3.36. The molecule has 0 bridgehead atoms. The predicted molar refractivity (Wildman–Crippen MR) is 74.9 cm³/mol. The molecule has 1 atom stereocenters. The molecular weight excluding hydrogens is 310 g/mol. The third kappa shape index (κ3) is 3.86. The molecule has 0 aliphatic heterocycles. The lowest BCUT2D eigenvalue weighted by Crippen LogP contribution is -2.31. The van der Waals surface area contributed by atoms with Crippen molar-refractivity contribution in [3.8, 4) is 5.75 Å². The van der Waals surface area contributed by atoms with Crippen molar-refractivity contribution >= 4 is 21.8 Å². The smallest absolute Gasteiger partial charge is 0.258 e. The summed E-state index contributed by atoms with van der Waals surface area (Å²) in [5.41, 5.74) is 0. The van der Waals surface area contributed by atoms with Crippen molar-refractivity contribution in [1.29, 1.82) is 0 Å². The molecule has 1 amide bonds. The van der Waals surface area contributed by atoms with Gasteiger partial charge in [0.1, 0.15) is 11.5 Å². The monoisotopic (exact) mass is 323 g/mol. The van der Waals surface area contributed by atoms with Crippen LogP contribution in [0, 0.1) is 0 Å². The summed E-state index contributed by atoms with van der Waals surface area (Å²) in [6, 6.07) is 10.8. The average molecular weight is 324 g/mol. The minimum absolute atomic E-state index is 0.0341. The van der Waals surface area contributed by atoms with E-state index in [-0.39, 0.29) is 18.6 Å². The van der Waals surface area contributed by atoms with Gasteiger partial charge in [0.05, 0.1) is 16.8 Å². The van der Waals surface area contributed by atoms with Gasteiger partial charge in [0.2, 0.25) is 0 Å². The second kappa shape index (κ2) is 6.43. The second-order valence-electron chi connectivity index (χ2n) is 4.02. The molecule has 2 aromatic rings. The maximum absolute atomic E-state index is 11.7. The summed E-state index contributed by atoms with van der Waals surface area (Å²) in [5.74, 6) is 1.16. The molecule has 0 saturated heterocycles. The Morgan fingerprint density at radius 1 is 1.37 bits per heavy atom. The largest absolute Gasteiger partial charge is 0.483 e. The summed E-state index contributed by atoms with van der Waals surface area (Å²) in [6.45, 7) is 1.82. The van der Waals surface area contributed by atoms with Crippen LogP contribution in [-0.2, 0) is 4.79 Å². The highest BCUT2D eigenvalue weighted by Crippen LogP contribution is 2.23. The lowest BCUT2D eigenvalue weighted by atomic mass is 10.2. The summed E-state index contributed by atoms with van der Waals surface area (Å²) in [5, 5.41) is 2.80. The van der Waals surface area contributed by atoms with E-state index in [4.69, 9.17) is 9.15 Å². The first-order chi connectivity index (χ1) is 9.16. The van der Waals surface area contributed by atoms with Gasteiger partial charge in [-0.05, 0) is 47.1 Å². The third-order valence-corrected chi connectivity index (χ3v) is 3.20. The zero-order valence-corrected chi connectivity index (χ0v) is 12.0. The van der Waals surface area contributed by atoms with Crippen LogP contribution in [0.1, 0.15) is 18.7 Å². The van der Waals surface area contributed by atoms with Crippen LogP contribution in [0.15, 0.2) is 51.6 Å². The van der Waals surface area contributed by atoms with Crippen molar-refractivity contribution in [2.45, 2.75) is 13.0 Å². The van der Waals surface area contributed by atoms with Gasteiger partial charge in [0.25, 0.3) is 5.91 Å². The molecular formula is C14H14BrNO3. The Kier molecular flexibility index (Phi) is 4.63. The highest BCUT2D eigenvalue weighted by atomic mass is 79.9. The van der Waals surface area contributed by atoms with Gasteiger partial charge < -0.3 is 14.5 Å². The number of carbonyl (C=O) groups excluding carboxylic acids is 1. The Balaban J connectivity index is 1.84. The molecule has 5 heteroatoms. The predicted octanol–water partition coefficient (Wildman–Crippen LogP) is 3.30. The Hall–Kier alpha value is -1.75. The standard InChI is InChI=1S/C14H14BrNO3/c1-10(12-7-4-8-18-12)16-14(17)9-19-13-6-3-2-5-11(13)15/h2-8,10H,9H2,1H3,(H,16,17)/t10-/m0/s1. The fourth-order valence-corrected chi connectivity index (χ4v) is 2.00. The molecule has 4 nitrogen and oxygen atoms in total. The van der Waals surface area contributed by atoms with Gasteiger partial charge in [-0.2, -0.15) is 0 Å². The van der Waals surface area contributed by atoms with Gasteiger partial charge in [0, 0.05) is 0 Å². The van der Waals surface area contributed by atoms with Crippen LogP contribution < -0.4 is 10.1 Å². The van der Waals surface area contributed by atoms with E-state index in [0.29, 0.717) is 11.5 Å². The molecule has 0 saturated carbocycles. The molecule has 1 N–H and O–H groups in total. The summed E-state index contributed by atoms with van der Waals surface area (Å²) < 4.78 is 11.5. The summed E-state index contributed by atoms with van der Waals surface area (Å²) in [4.78, 5) is 11.7. The molecule has 1 aromatic heterocycles. The van der Waals surface area contributed by atoms with Crippen LogP contribution in [0.5, 0.6) is 5.75 Å². The van der Waals surface area contributed by atoms with Gasteiger partial charge >= 0.3 is 0 Å². The first kappa shape index (κ1) is 13.7. The molecule has 0 aliphatic rings. The molecule has 0 fully saturated rings. The van der Waals surface area contributed by atoms with Crippen molar-refractivity contribution in [1.82, 2.24) is 5.32 Å². The van der Waals surface area contributed by atoms with Crippen molar-refractivity contribution in [2.24, 2.45) is 0 Å². The van der Waals surface area contributed by atoms with Gasteiger partial charge in [-0.3, -0.25) is 4.79 Å². The Morgan fingerprint density at radius 2 is 2.16 bits per heavy atom. The SMILES string of the molecule is C[C@H](NC(=O)COc1ccccc1Br)c1ccco1. The number of benzene rings is 1. The third-order valence-electron chi connectivity index (χ3n) is 2.54. The number of hydrogen-bond donors (Lipinski definition) is 1. The zero-order valence-electron chi connectivity index (χ0n) is 10.4. The molecule has 0 spiro atoms. The topological polar surface area (TPSA) is 51.5 Å². The molecule has 1 heterocycles. The van der Waals surface area contributed by atoms with Gasteiger partial charge in [-0.1, -0.05) is 12.1 Å². The van der Waals surface area contributed by atoms with Crippen LogP contribution in [0.2, 0.25) is 0 Å². The Labute approximate surface area is 119 Å². The van der Waals surface area contributed by atoms with E-state index in [0.717, 1.165) is 4.47 Å². The molecule has 2 rings (SSSR count). The fourth-order valence-electron chi connectivity index (χ4n) is 1.60. The molecule has 0 aliphatic carbocycles. The second-order valence-corrected chi connectivity index (χ2v) is 4.88. The van der Waals surface area contributed by atoms with E-state index in [1.165, 1.54) is 0 Å². The normalized spacial score (nSPS) is 11.9. The number of furan rings is 1. The lowest BCUT2D eigenvalue weighted by Gasteiger charge is -2.12. The minimum Gasteiger partial charge on any atom is -0.483 e. The van der Waals surface area contributed by atoms with E-state index < -0.39 is 0 Å². The van der Waals surface area contributed by atoms with Crippen molar-refractivity contribution < 1.29 is 13.9 Å². The maximum Gasteiger partial charge on any atom is 0.258 e. The quantitative estimate of drug-likeness (QED) is 0.918. The first-order valence-corrected chi connectivity index (χ1v) is 6.66. The Morgan fingerprint density at radius 3 is 2.84 bits per heavy atom. The lowest BCUT2D eigenvalue weighted by molar-refractivity contribution is -0.123. The number of carbonyl (C=O) groups is 1. The van der Waals surface area contributed by atoms with E-state index in [9.17, 15) is 4.79 Å². The minimum atomic E-state index is -0.195. The highest BCUT2D eigenvalue weighted by Gasteiger charge is 2.12. The molecule has 0 unspecified atom stereocenters. The number of rotatable bonds is 5. The van der Waals surface area contributed by atoms with Gasteiger partial charge in [0.15, 0.2) is 6.61 Å². The number of nitrogens with one attached hydrogen (secondary N) is 1. The Bertz CT molecular complexity index is 539. The van der Waals surface area contributed by atoms with E-state index in [1.54, 1.807) is 18.4 Å². The summed E-state index contributed by atoms with van der Waals surface area (Å²) in [6.07, 6.45) is 1.58. The molecule has 19 heavy (non-hydrogen) atoms. The molecule has 0 radical (unpaired) electrons. The van der Waals surface area contributed by atoms with Crippen LogP contribution >= 0.6 is 15.9 Å². The van der Waals surface area contributed by atoms with Crippen LogP contribution in [-0.4, -0.2) is 12.5 Å². The summed E-state index contributed by atoms with van der Waals surface area (Å²) in [7, 11) is 0. The number of halogens is 1. The van der Waals surface area contributed by atoms with E-state index in [1.807, 2.05) is 31.2 Å². The maximum atomic E-state index is 11.7. The van der Waals surface area contributed by atoms with Crippen molar-refractivity contribution in [2.75, 3.05) is 6.61 Å². The highest BCUT2D eigenvalue weighted by molar-refractivity contribution is 9.10. The zero-order chi connectivity index (χ0) is 13.7. The van der Waals surface area contributed by atoms with Crippen LogP contribution in [0.4, 0.5) is 0 Å². The van der Waals surface area contributed by atoms with E-state index in [2.05, 4.69) is 21.2 Å². The van der Waals surface area contributed by atoms with Gasteiger partial charge in [-0.25, -0.2) is 0 Å². The number of amides is 1. The number of para-hydroxylation sites is 1. The van der Waals surface area contributed by atoms with Gasteiger partial charge in [-0.15, -0.1) is 0 Å².